The number of carbonyl (C=O) groups excluding carboxylic acids is 1. The van der Waals surface area contributed by atoms with E-state index in [1.165, 1.54) is 5.56 Å². The van der Waals surface area contributed by atoms with Crippen LogP contribution < -0.4 is 0 Å². The lowest BCUT2D eigenvalue weighted by molar-refractivity contribution is -0.125. The predicted octanol–water partition coefficient (Wildman–Crippen LogP) is 4.60. The minimum Gasteiger partial charge on any atom is -0.376 e. The van der Waals surface area contributed by atoms with E-state index < -0.39 is 13.7 Å². The maximum absolute atomic E-state index is 13.6. The first-order chi connectivity index (χ1) is 12.2. The third-order valence-electron chi connectivity index (χ3n) is 7.55. The summed E-state index contributed by atoms with van der Waals surface area (Å²) in [7, 11) is -1.87. The highest BCUT2D eigenvalue weighted by Crippen LogP contribution is 2.86. The molecule has 0 N–H and O–H groups in total. The van der Waals surface area contributed by atoms with Crippen molar-refractivity contribution >= 4 is 13.9 Å². The summed E-state index contributed by atoms with van der Waals surface area (Å²) in [5.41, 5.74) is 0.567. The second-order valence-corrected chi connectivity index (χ2v) is 14.4. The number of hydrogen-bond donors (Lipinski definition) is 0. The topological polar surface area (TPSA) is 38.8 Å². The summed E-state index contributed by atoms with van der Waals surface area (Å²) in [4.78, 5) is 13.6. The molecule has 1 heterocycles. The van der Waals surface area contributed by atoms with Crippen molar-refractivity contribution in [3.63, 3.8) is 0 Å². The number of ketones is 1. The molecule has 2 unspecified atom stereocenters. The Balaban J connectivity index is 1.59. The van der Waals surface area contributed by atoms with Crippen LogP contribution in [0.5, 0.6) is 0 Å². The fourth-order valence-corrected chi connectivity index (χ4v) is 11.2. The van der Waals surface area contributed by atoms with E-state index >= 15 is 0 Å². The van der Waals surface area contributed by atoms with Crippen LogP contribution in [0.4, 0.5) is 0 Å². The van der Waals surface area contributed by atoms with Gasteiger partial charge in [0.05, 0.1) is 27.4 Å². The van der Waals surface area contributed by atoms with E-state index in [0.29, 0.717) is 24.9 Å². The van der Waals surface area contributed by atoms with Crippen LogP contribution in [0.3, 0.4) is 0 Å². The average molecular weight is 371 g/mol. The van der Waals surface area contributed by atoms with Crippen LogP contribution in [0, 0.1) is 11.3 Å². The summed E-state index contributed by atoms with van der Waals surface area (Å²) in [6, 6.07) is 11.2. The molecule has 0 amide bonds. The van der Waals surface area contributed by atoms with E-state index in [-0.39, 0.29) is 16.6 Å². The summed E-state index contributed by atoms with van der Waals surface area (Å²) in [6.45, 7) is 14.2. The molecule has 2 saturated carbocycles. The quantitative estimate of drug-likeness (QED) is 0.400. The number of fused-ring (bicyclic) bond motifs is 2. The van der Waals surface area contributed by atoms with E-state index in [4.69, 9.17) is 9.47 Å². The van der Waals surface area contributed by atoms with Gasteiger partial charge in [-0.25, -0.2) is 0 Å². The van der Waals surface area contributed by atoms with Gasteiger partial charge in [-0.3, -0.25) is 4.79 Å². The fourth-order valence-electron chi connectivity index (χ4n) is 6.21. The second-order valence-electron chi connectivity index (χ2n) is 9.41. The summed E-state index contributed by atoms with van der Waals surface area (Å²) >= 11 is 0. The van der Waals surface area contributed by atoms with Crippen LogP contribution in [0.1, 0.15) is 25.8 Å². The zero-order valence-electron chi connectivity index (χ0n) is 16.4. The number of allylic oxidation sites excluding steroid dienone is 1. The number of rotatable bonds is 7. The van der Waals surface area contributed by atoms with Crippen LogP contribution in [0.2, 0.25) is 24.2 Å². The van der Waals surface area contributed by atoms with Crippen LogP contribution in [0.15, 0.2) is 43.0 Å². The Morgan fingerprint density at radius 1 is 1.31 bits per heavy atom. The summed E-state index contributed by atoms with van der Waals surface area (Å²) in [5.74, 6) is 0.746. The van der Waals surface area contributed by atoms with Gasteiger partial charge in [-0.05, 0) is 30.9 Å². The largest absolute Gasteiger partial charge is 0.376 e. The first-order valence-electron chi connectivity index (χ1n) is 9.69. The molecule has 1 aliphatic heterocycles. The van der Waals surface area contributed by atoms with Gasteiger partial charge in [-0.1, -0.05) is 56.4 Å². The van der Waals surface area contributed by atoms with E-state index in [9.17, 15) is 4.79 Å². The Kier molecular flexibility index (Phi) is 3.93. The Bertz CT molecular complexity index is 745. The minimum atomic E-state index is -1.87. The lowest BCUT2D eigenvalue weighted by Gasteiger charge is -2.37. The Morgan fingerprint density at radius 3 is 2.65 bits per heavy atom. The van der Waals surface area contributed by atoms with Gasteiger partial charge >= 0.3 is 0 Å². The van der Waals surface area contributed by atoms with Gasteiger partial charge in [-0.15, -0.1) is 6.58 Å². The first kappa shape index (κ1) is 18.1. The molecule has 1 saturated heterocycles. The van der Waals surface area contributed by atoms with E-state index in [1.54, 1.807) is 0 Å². The number of carbonyl (C=O) groups is 1. The molecule has 140 valence electrons. The maximum atomic E-state index is 13.6. The van der Waals surface area contributed by atoms with Crippen LogP contribution in [-0.4, -0.2) is 32.2 Å². The Labute approximate surface area is 157 Å². The van der Waals surface area contributed by atoms with Crippen molar-refractivity contribution in [3.8, 4) is 0 Å². The smallest absolute Gasteiger partial charge is 0.171 e. The van der Waals surface area contributed by atoms with Crippen LogP contribution in [0.25, 0.3) is 0 Å². The van der Waals surface area contributed by atoms with Crippen molar-refractivity contribution in [3.05, 3.63) is 48.6 Å². The highest BCUT2D eigenvalue weighted by molar-refractivity contribution is 6.85. The van der Waals surface area contributed by atoms with Crippen LogP contribution in [-0.2, 0) is 20.9 Å². The summed E-state index contributed by atoms with van der Waals surface area (Å²) < 4.78 is 12.0. The summed E-state index contributed by atoms with van der Waals surface area (Å²) in [6.07, 6.45) is 3.13. The van der Waals surface area contributed by atoms with Crippen molar-refractivity contribution < 1.29 is 14.3 Å². The molecule has 1 aromatic rings. The normalized spacial score (nSPS) is 40.5. The molecule has 4 heteroatoms. The molecule has 2 aliphatic carbocycles. The molecule has 0 bridgehead atoms. The van der Waals surface area contributed by atoms with Gasteiger partial charge in [0, 0.05) is 10.5 Å². The minimum absolute atomic E-state index is 0.0720. The molecular weight excluding hydrogens is 340 g/mol. The highest BCUT2D eigenvalue weighted by Gasteiger charge is 2.89. The standard InChI is InChI=1S/C22H30O3Si/c1-6-12-26(4,5)22-17(13-18-21(3,25-18)19(22)23)20(22,2)15-24-14-16-10-8-7-9-11-16/h6-11,17-18H,1,12-15H2,2-5H3/t17?,18-,20?,21-,22+/m0/s1. The molecule has 4 rings (SSSR count). The molecule has 0 aromatic heterocycles. The summed E-state index contributed by atoms with van der Waals surface area (Å²) in [5, 5.41) is -0.243. The zero-order chi connectivity index (χ0) is 18.8. The zero-order valence-corrected chi connectivity index (χ0v) is 17.4. The number of ether oxygens (including phenoxy) is 2. The molecule has 26 heavy (non-hydrogen) atoms. The number of Topliss-reactive ketones (excluding diaryl/α,β-unsaturated/α-hetero) is 1. The third kappa shape index (κ3) is 2.15. The molecule has 3 nitrogen and oxygen atoms in total. The second kappa shape index (κ2) is 5.63. The van der Waals surface area contributed by atoms with Gasteiger partial charge < -0.3 is 9.47 Å². The lowest BCUT2D eigenvalue weighted by atomic mass is 9.88. The van der Waals surface area contributed by atoms with E-state index in [0.717, 1.165) is 12.5 Å². The van der Waals surface area contributed by atoms with Crippen LogP contribution >= 0.6 is 0 Å². The highest BCUT2D eigenvalue weighted by atomic mass is 28.3. The molecule has 1 aromatic carbocycles. The maximum Gasteiger partial charge on any atom is 0.171 e. The molecule has 3 fully saturated rings. The van der Waals surface area contributed by atoms with E-state index in [2.05, 4.69) is 38.7 Å². The van der Waals surface area contributed by atoms with Gasteiger partial charge in [0.1, 0.15) is 0 Å². The van der Waals surface area contributed by atoms with E-state index in [1.807, 2.05) is 31.2 Å². The number of epoxide rings is 1. The molecule has 3 aliphatic rings. The lowest BCUT2D eigenvalue weighted by Crippen LogP contribution is -2.49. The molecule has 0 spiro atoms. The van der Waals surface area contributed by atoms with Crippen molar-refractivity contribution in [1.29, 1.82) is 0 Å². The molecule has 0 radical (unpaired) electrons. The predicted molar refractivity (Wildman–Crippen MR) is 106 cm³/mol. The average Bonchev–Trinajstić information content (AvgIpc) is 3.42. The van der Waals surface area contributed by atoms with Crippen molar-refractivity contribution in [1.82, 2.24) is 0 Å². The number of hydrogen-bond acceptors (Lipinski definition) is 3. The number of benzene rings is 1. The van der Waals surface area contributed by atoms with Crippen molar-refractivity contribution in [2.45, 2.75) is 62.8 Å². The van der Waals surface area contributed by atoms with Gasteiger partial charge in [0.25, 0.3) is 0 Å². The van der Waals surface area contributed by atoms with Gasteiger partial charge in [0.2, 0.25) is 0 Å². The molecular formula is C22H30O3Si. The van der Waals surface area contributed by atoms with Crippen molar-refractivity contribution in [2.24, 2.45) is 11.3 Å². The van der Waals surface area contributed by atoms with Gasteiger partial charge in [-0.2, -0.15) is 0 Å². The van der Waals surface area contributed by atoms with Gasteiger partial charge in [0.15, 0.2) is 11.4 Å². The fraction of sp³-hybridized carbons (Fsp3) is 0.591. The van der Waals surface area contributed by atoms with Crippen molar-refractivity contribution in [2.75, 3.05) is 6.61 Å². The monoisotopic (exact) mass is 370 g/mol. The first-order valence-corrected chi connectivity index (χ1v) is 12.9. The Morgan fingerprint density at radius 2 is 2.00 bits per heavy atom. The molecule has 5 atom stereocenters. The third-order valence-corrected chi connectivity index (χ3v) is 12.1. The Hall–Kier alpha value is -1.23. The SMILES string of the molecule is C=CC[Si](C)(C)[C@@]12C(=O)[C@@]3(C)O[C@H]3CC1C2(C)COCc1ccccc1.